The van der Waals surface area contributed by atoms with Gasteiger partial charge in [-0.05, 0) is 87.9 Å². The first-order chi connectivity index (χ1) is 15.1. The molecule has 5 heteroatoms. The van der Waals surface area contributed by atoms with Crippen molar-refractivity contribution in [1.29, 1.82) is 5.26 Å². The molecule has 0 bridgehead atoms. The van der Waals surface area contributed by atoms with Gasteiger partial charge in [-0.1, -0.05) is 13.0 Å². The van der Waals surface area contributed by atoms with Gasteiger partial charge in [-0.3, -0.25) is 4.79 Å². The molecule has 1 heterocycles. The summed E-state index contributed by atoms with van der Waals surface area (Å²) in [6, 6.07) is 12.0. The lowest BCUT2D eigenvalue weighted by atomic mass is 9.79. The highest BCUT2D eigenvalue weighted by atomic mass is 16.5. The zero-order valence-electron chi connectivity index (χ0n) is 20.2. The predicted molar refractivity (Wildman–Crippen MR) is 131 cm³/mol. The summed E-state index contributed by atoms with van der Waals surface area (Å²) in [4.78, 5) is 15.3. The lowest BCUT2D eigenvalue weighted by molar-refractivity contribution is -0.112. The molecule has 1 aliphatic rings. The molecular weight excluding hydrogens is 398 g/mol. The number of fused-ring (bicyclic) bond motifs is 1. The van der Waals surface area contributed by atoms with Crippen LogP contribution < -0.4 is 15.0 Å². The Hall–Kier alpha value is -3.26. The van der Waals surface area contributed by atoms with Crippen LogP contribution in [0.15, 0.2) is 35.9 Å². The van der Waals surface area contributed by atoms with Crippen LogP contribution in [-0.4, -0.2) is 25.1 Å². The van der Waals surface area contributed by atoms with Gasteiger partial charge in [-0.25, -0.2) is 0 Å². The Bertz CT molecular complexity index is 1090. The van der Waals surface area contributed by atoms with Gasteiger partial charge in [0, 0.05) is 35.1 Å². The highest BCUT2D eigenvalue weighted by Crippen LogP contribution is 2.45. The van der Waals surface area contributed by atoms with Crippen molar-refractivity contribution in [3.8, 4) is 11.8 Å². The maximum Gasteiger partial charge on any atom is 0.266 e. The summed E-state index contributed by atoms with van der Waals surface area (Å²) in [5.41, 5.74) is 5.98. The molecule has 2 aromatic rings. The van der Waals surface area contributed by atoms with Crippen molar-refractivity contribution >= 4 is 23.4 Å². The first-order valence-corrected chi connectivity index (χ1v) is 11.1. The predicted octanol–water partition coefficient (Wildman–Crippen LogP) is 5.97. The van der Waals surface area contributed by atoms with E-state index >= 15 is 0 Å². The van der Waals surface area contributed by atoms with Crippen molar-refractivity contribution in [2.75, 3.05) is 23.9 Å². The van der Waals surface area contributed by atoms with Crippen molar-refractivity contribution in [3.05, 3.63) is 58.2 Å². The molecule has 1 amide bonds. The Balaban J connectivity index is 2.01. The lowest BCUT2D eigenvalue weighted by Gasteiger charge is -2.47. The van der Waals surface area contributed by atoms with E-state index in [0.29, 0.717) is 17.4 Å². The molecule has 1 atom stereocenters. The number of nitrogens with one attached hydrogen (secondary N) is 1. The number of carbonyl (C=O) groups excluding carboxylic acids is 1. The van der Waals surface area contributed by atoms with Gasteiger partial charge in [0.25, 0.3) is 5.91 Å². The van der Waals surface area contributed by atoms with E-state index in [0.717, 1.165) is 35.3 Å². The Morgan fingerprint density at radius 1 is 1.25 bits per heavy atom. The number of benzene rings is 2. The Labute approximate surface area is 191 Å². The average molecular weight is 432 g/mol. The second kappa shape index (κ2) is 9.08. The number of nitriles is 1. The van der Waals surface area contributed by atoms with E-state index in [4.69, 9.17) is 4.74 Å². The number of hydrogen-bond donors (Lipinski definition) is 1. The van der Waals surface area contributed by atoms with Gasteiger partial charge >= 0.3 is 0 Å². The molecule has 1 N–H and O–H groups in total. The number of methoxy groups -OCH3 is 1. The maximum absolute atomic E-state index is 12.9. The van der Waals surface area contributed by atoms with Crippen LogP contribution in [0.3, 0.4) is 0 Å². The number of hydrogen-bond acceptors (Lipinski definition) is 4. The summed E-state index contributed by atoms with van der Waals surface area (Å²) in [6.07, 6.45) is 2.65. The number of aryl methyl sites for hydroxylation is 2. The van der Waals surface area contributed by atoms with Crippen LogP contribution in [0.5, 0.6) is 5.75 Å². The van der Waals surface area contributed by atoms with Crippen LogP contribution in [0.25, 0.3) is 6.08 Å². The molecule has 168 valence electrons. The number of carbonyl (C=O) groups is 1. The molecule has 3 rings (SSSR count). The van der Waals surface area contributed by atoms with Crippen molar-refractivity contribution < 1.29 is 9.53 Å². The molecule has 2 aromatic carbocycles. The van der Waals surface area contributed by atoms with Gasteiger partial charge < -0.3 is 15.0 Å². The monoisotopic (exact) mass is 431 g/mol. The van der Waals surface area contributed by atoms with Gasteiger partial charge in [0.05, 0.1) is 7.11 Å². The van der Waals surface area contributed by atoms with Crippen LogP contribution in [0.4, 0.5) is 11.4 Å². The summed E-state index contributed by atoms with van der Waals surface area (Å²) in [5.74, 6) is 0.580. The van der Waals surface area contributed by atoms with E-state index in [1.54, 1.807) is 13.2 Å². The van der Waals surface area contributed by atoms with E-state index in [1.165, 1.54) is 5.56 Å². The third kappa shape index (κ3) is 4.65. The molecule has 0 aliphatic carbocycles. The van der Waals surface area contributed by atoms with E-state index < -0.39 is 5.91 Å². The zero-order chi connectivity index (χ0) is 23.6. The summed E-state index contributed by atoms with van der Waals surface area (Å²) in [5, 5.41) is 12.6. The van der Waals surface area contributed by atoms with Crippen LogP contribution in [-0.2, 0) is 4.79 Å². The molecule has 0 radical (unpaired) electrons. The minimum atomic E-state index is -0.429. The smallest absolute Gasteiger partial charge is 0.266 e. The van der Waals surface area contributed by atoms with Gasteiger partial charge in [0.15, 0.2) is 0 Å². The Morgan fingerprint density at radius 3 is 2.47 bits per heavy atom. The first-order valence-electron chi connectivity index (χ1n) is 11.1. The van der Waals surface area contributed by atoms with E-state index in [1.807, 2.05) is 38.1 Å². The normalized spacial score (nSPS) is 17.4. The van der Waals surface area contributed by atoms with E-state index in [2.05, 4.69) is 50.0 Å². The number of anilines is 2. The van der Waals surface area contributed by atoms with Gasteiger partial charge in [-0.15, -0.1) is 0 Å². The quantitative estimate of drug-likeness (QED) is 0.468. The second-order valence-electron chi connectivity index (χ2n) is 9.32. The standard InChI is InChI=1S/C27H33N3O2/c1-8-30-24-14-25(32-7)20(13-23(24)19(4)15-27(30,5)6)12-21(16-28)26(31)29-22-10-17(2)9-18(3)11-22/h9-14,19H,8,15H2,1-7H3,(H,29,31)/b21-12+. The molecule has 5 nitrogen and oxygen atoms in total. The summed E-state index contributed by atoms with van der Waals surface area (Å²) in [7, 11) is 1.62. The van der Waals surface area contributed by atoms with Crippen molar-refractivity contribution in [1.82, 2.24) is 0 Å². The molecule has 1 unspecified atom stereocenters. The molecule has 0 fully saturated rings. The average Bonchev–Trinajstić information content (AvgIpc) is 2.70. The number of ether oxygens (including phenoxy) is 1. The molecule has 1 aliphatic heterocycles. The topological polar surface area (TPSA) is 65.4 Å². The van der Waals surface area contributed by atoms with Crippen molar-refractivity contribution in [3.63, 3.8) is 0 Å². The fourth-order valence-corrected chi connectivity index (χ4v) is 4.96. The van der Waals surface area contributed by atoms with Gasteiger partial charge in [0.2, 0.25) is 0 Å². The first kappa shape index (κ1) is 23.4. The molecule has 0 saturated carbocycles. The molecule has 0 aromatic heterocycles. The highest BCUT2D eigenvalue weighted by Gasteiger charge is 2.36. The minimum absolute atomic E-state index is 0.0403. The SMILES string of the molecule is CCN1c2cc(OC)c(/C=C(\C#N)C(=O)Nc3cc(C)cc(C)c3)cc2C(C)CC1(C)C. The molecule has 32 heavy (non-hydrogen) atoms. The largest absolute Gasteiger partial charge is 0.496 e. The number of amides is 1. The summed E-state index contributed by atoms with van der Waals surface area (Å²) < 4.78 is 5.67. The zero-order valence-corrected chi connectivity index (χ0v) is 20.2. The van der Waals surface area contributed by atoms with Crippen molar-refractivity contribution in [2.45, 2.75) is 59.4 Å². The number of nitrogens with zero attached hydrogens (tertiary/aromatic N) is 2. The van der Waals surface area contributed by atoms with Crippen molar-refractivity contribution in [2.24, 2.45) is 0 Å². The van der Waals surface area contributed by atoms with Gasteiger partial charge in [-0.2, -0.15) is 5.26 Å². The molecule has 0 spiro atoms. The molecule has 0 saturated heterocycles. The summed E-state index contributed by atoms with van der Waals surface area (Å²) >= 11 is 0. The van der Waals surface area contributed by atoms with Crippen LogP contribution in [0.2, 0.25) is 0 Å². The highest BCUT2D eigenvalue weighted by molar-refractivity contribution is 6.10. The third-order valence-corrected chi connectivity index (χ3v) is 6.20. The number of rotatable bonds is 5. The fraction of sp³-hybridized carbons (Fsp3) is 0.407. The van der Waals surface area contributed by atoms with Crippen LogP contribution >= 0.6 is 0 Å². The van der Waals surface area contributed by atoms with E-state index in [9.17, 15) is 10.1 Å². The fourth-order valence-electron chi connectivity index (χ4n) is 4.96. The minimum Gasteiger partial charge on any atom is -0.496 e. The summed E-state index contributed by atoms with van der Waals surface area (Å²) in [6.45, 7) is 13.8. The Kier molecular flexibility index (Phi) is 6.64. The lowest BCUT2D eigenvalue weighted by Crippen LogP contribution is -2.48. The van der Waals surface area contributed by atoms with Crippen LogP contribution in [0.1, 0.15) is 62.3 Å². The third-order valence-electron chi connectivity index (χ3n) is 6.20. The van der Waals surface area contributed by atoms with E-state index in [-0.39, 0.29) is 11.1 Å². The Morgan fingerprint density at radius 2 is 1.91 bits per heavy atom. The van der Waals surface area contributed by atoms with Gasteiger partial charge in [0.1, 0.15) is 17.4 Å². The molecular formula is C27H33N3O2. The maximum atomic E-state index is 12.9. The van der Waals surface area contributed by atoms with Crippen LogP contribution in [0, 0.1) is 25.2 Å². The second-order valence-corrected chi connectivity index (χ2v) is 9.32.